The van der Waals surface area contributed by atoms with E-state index < -0.39 is 0 Å². The van der Waals surface area contributed by atoms with E-state index in [1.54, 1.807) is 0 Å². The Morgan fingerprint density at radius 2 is 1.11 bits per heavy atom. The molecule has 0 amide bonds. The van der Waals surface area contributed by atoms with Crippen molar-refractivity contribution in [1.82, 2.24) is 9.13 Å². The monoisotopic (exact) mass is 708 g/mol. The largest absolute Gasteiger partial charge is 0.398 e. The highest BCUT2D eigenvalue weighted by molar-refractivity contribution is 6.18. The molecule has 10 aromatic rings. The molecule has 4 heteroatoms. The summed E-state index contributed by atoms with van der Waals surface area (Å²) in [6, 6.07) is 59.7. The maximum absolute atomic E-state index is 8.85. The Morgan fingerprint density at radius 1 is 0.527 bits per heavy atom. The molecule has 2 aromatic heterocycles. The number of rotatable bonds is 3. The van der Waals surface area contributed by atoms with Crippen molar-refractivity contribution < 1.29 is 0 Å². The van der Waals surface area contributed by atoms with Crippen molar-refractivity contribution in [3.8, 4) is 16.8 Å². The second kappa shape index (κ2) is 12.3. The number of nitrogen functional groups attached to an aromatic ring is 1. The minimum absolute atomic E-state index is 0.0192. The molecule has 4 nitrogen and oxygen atoms in total. The third-order valence-electron chi connectivity index (χ3n) is 11.8. The minimum Gasteiger partial charge on any atom is -0.398 e. The standard InChI is InChI=1S/C26H22N2.C25H18N2/c1-26(2)22-10-6-5-9-19(22)21-15-17(12-14-23(21)26)24(27)20-13-11-16-7-3-4-8-18(16)25(20)28;1-26-20-12-5-4-11-19(20)25-23(26)15-8-16-24(25)27-21-13-6-2-9-17(21)18-10-3-7-14-22(18)27/h3-15,27H,28H2,1-2H3;2-16H,1H3. The Bertz CT molecular complexity index is 3120. The van der Waals surface area contributed by atoms with Crippen LogP contribution in [0.2, 0.25) is 0 Å². The molecule has 2 heterocycles. The molecular weight excluding hydrogens is 669 g/mol. The molecule has 0 unspecified atom stereocenters. The van der Waals surface area contributed by atoms with Crippen molar-refractivity contribution >= 4 is 65.8 Å². The molecule has 0 saturated carbocycles. The lowest BCUT2D eigenvalue weighted by Gasteiger charge is -2.21. The summed E-state index contributed by atoms with van der Waals surface area (Å²) >= 11 is 0. The van der Waals surface area contributed by atoms with Crippen molar-refractivity contribution in [2.24, 2.45) is 7.05 Å². The van der Waals surface area contributed by atoms with Gasteiger partial charge in [-0.1, -0.05) is 147 Å². The van der Waals surface area contributed by atoms with E-state index in [1.807, 2.05) is 36.4 Å². The van der Waals surface area contributed by atoms with E-state index in [4.69, 9.17) is 11.1 Å². The molecule has 55 heavy (non-hydrogen) atoms. The third kappa shape index (κ3) is 4.88. The molecule has 1 aliphatic carbocycles. The number of benzene rings is 8. The van der Waals surface area contributed by atoms with Gasteiger partial charge in [0.15, 0.2) is 0 Å². The number of aryl methyl sites for hydroxylation is 1. The number of fused-ring (bicyclic) bond motifs is 10. The summed E-state index contributed by atoms with van der Waals surface area (Å²) < 4.78 is 4.71. The average Bonchev–Trinajstić information content (AvgIpc) is 3.81. The molecule has 0 aliphatic heterocycles. The summed E-state index contributed by atoms with van der Waals surface area (Å²) in [4.78, 5) is 0. The number of aromatic nitrogens is 2. The predicted molar refractivity (Wildman–Crippen MR) is 233 cm³/mol. The first-order valence-electron chi connectivity index (χ1n) is 18.9. The lowest BCUT2D eigenvalue weighted by atomic mass is 9.82. The van der Waals surface area contributed by atoms with Gasteiger partial charge in [-0.2, -0.15) is 0 Å². The molecule has 264 valence electrons. The van der Waals surface area contributed by atoms with Crippen LogP contribution >= 0.6 is 0 Å². The number of hydrogen-bond donors (Lipinski definition) is 2. The van der Waals surface area contributed by atoms with E-state index in [9.17, 15) is 0 Å². The van der Waals surface area contributed by atoms with Gasteiger partial charge in [0.25, 0.3) is 0 Å². The summed E-state index contributed by atoms with van der Waals surface area (Å²) in [6.07, 6.45) is 0. The van der Waals surface area contributed by atoms with Crippen LogP contribution in [0, 0.1) is 5.41 Å². The number of nitrogens with two attached hydrogens (primary N) is 1. The normalized spacial score (nSPS) is 12.9. The molecule has 11 rings (SSSR count). The highest BCUT2D eigenvalue weighted by atomic mass is 15.0. The fourth-order valence-corrected chi connectivity index (χ4v) is 9.10. The zero-order valence-electron chi connectivity index (χ0n) is 31.1. The van der Waals surface area contributed by atoms with Gasteiger partial charge >= 0.3 is 0 Å². The van der Waals surface area contributed by atoms with Gasteiger partial charge in [0, 0.05) is 61.7 Å². The van der Waals surface area contributed by atoms with Gasteiger partial charge < -0.3 is 14.9 Å². The first kappa shape index (κ1) is 32.7. The second-order valence-electron chi connectivity index (χ2n) is 15.2. The topological polar surface area (TPSA) is 59.7 Å². The zero-order chi connectivity index (χ0) is 37.4. The summed E-state index contributed by atoms with van der Waals surface area (Å²) in [5, 5.41) is 16.1. The number of nitrogens with one attached hydrogen (secondary N) is 1. The molecule has 3 N–H and O–H groups in total. The Morgan fingerprint density at radius 3 is 1.85 bits per heavy atom. The Balaban J connectivity index is 0.000000135. The van der Waals surface area contributed by atoms with E-state index in [-0.39, 0.29) is 5.41 Å². The van der Waals surface area contributed by atoms with Gasteiger partial charge in [0.2, 0.25) is 0 Å². The van der Waals surface area contributed by atoms with Crippen molar-refractivity contribution in [2.45, 2.75) is 19.3 Å². The fraction of sp³-hybridized carbons (Fsp3) is 0.0784. The Kier molecular flexibility index (Phi) is 7.33. The van der Waals surface area contributed by atoms with Crippen LogP contribution in [0.15, 0.2) is 170 Å². The quantitative estimate of drug-likeness (QED) is 0.139. The van der Waals surface area contributed by atoms with E-state index in [0.29, 0.717) is 11.4 Å². The summed E-state index contributed by atoms with van der Waals surface area (Å²) in [7, 11) is 2.15. The number of anilines is 1. The van der Waals surface area contributed by atoms with Crippen LogP contribution in [0.4, 0.5) is 5.69 Å². The molecule has 0 saturated heterocycles. The molecule has 0 fully saturated rings. The third-order valence-corrected chi connectivity index (χ3v) is 11.8. The van der Waals surface area contributed by atoms with E-state index >= 15 is 0 Å². The molecule has 1 aliphatic rings. The lowest BCUT2D eigenvalue weighted by molar-refractivity contribution is 0.660. The van der Waals surface area contributed by atoms with Crippen molar-refractivity contribution in [2.75, 3.05) is 5.73 Å². The summed E-state index contributed by atoms with van der Waals surface area (Å²) in [5.74, 6) is 0. The molecular formula is C51H40N4. The molecule has 0 radical (unpaired) electrons. The van der Waals surface area contributed by atoms with E-state index in [2.05, 4.69) is 163 Å². The molecule has 0 spiro atoms. The van der Waals surface area contributed by atoms with Gasteiger partial charge in [0.1, 0.15) is 0 Å². The van der Waals surface area contributed by atoms with Crippen molar-refractivity contribution in [3.05, 3.63) is 192 Å². The maximum atomic E-state index is 8.85. The van der Waals surface area contributed by atoms with E-state index in [0.717, 1.165) is 21.9 Å². The Hall–Kier alpha value is -6.91. The van der Waals surface area contributed by atoms with Crippen LogP contribution in [0.3, 0.4) is 0 Å². The molecule has 0 bridgehead atoms. The zero-order valence-corrected chi connectivity index (χ0v) is 31.1. The first-order valence-corrected chi connectivity index (χ1v) is 18.9. The second-order valence-corrected chi connectivity index (χ2v) is 15.2. The average molecular weight is 709 g/mol. The van der Waals surface area contributed by atoms with Crippen LogP contribution in [-0.2, 0) is 12.5 Å². The Labute approximate surface area is 320 Å². The van der Waals surface area contributed by atoms with Gasteiger partial charge in [-0.15, -0.1) is 0 Å². The van der Waals surface area contributed by atoms with Gasteiger partial charge in [-0.3, -0.25) is 5.41 Å². The predicted octanol–water partition coefficient (Wildman–Crippen LogP) is 12.6. The van der Waals surface area contributed by atoms with Gasteiger partial charge in [0.05, 0.1) is 27.9 Å². The molecule has 0 atom stereocenters. The first-order chi connectivity index (χ1) is 26.8. The van der Waals surface area contributed by atoms with Crippen LogP contribution in [-0.4, -0.2) is 14.8 Å². The molecule has 8 aromatic carbocycles. The smallest absolute Gasteiger partial charge is 0.0705 e. The van der Waals surface area contributed by atoms with Crippen LogP contribution in [0.25, 0.3) is 71.2 Å². The van der Waals surface area contributed by atoms with E-state index in [1.165, 1.54) is 71.6 Å². The maximum Gasteiger partial charge on any atom is 0.0705 e. The van der Waals surface area contributed by atoms with Crippen molar-refractivity contribution in [1.29, 1.82) is 5.41 Å². The highest BCUT2D eigenvalue weighted by Gasteiger charge is 2.35. The van der Waals surface area contributed by atoms with Gasteiger partial charge in [-0.25, -0.2) is 0 Å². The minimum atomic E-state index is -0.0192. The lowest BCUT2D eigenvalue weighted by Crippen LogP contribution is -2.15. The fourth-order valence-electron chi connectivity index (χ4n) is 9.10. The van der Waals surface area contributed by atoms with Crippen molar-refractivity contribution in [3.63, 3.8) is 0 Å². The van der Waals surface area contributed by atoms with Gasteiger partial charge in [-0.05, 0) is 64.0 Å². The summed E-state index contributed by atoms with van der Waals surface area (Å²) in [5.41, 5.74) is 20.7. The highest BCUT2D eigenvalue weighted by Crippen LogP contribution is 2.49. The van der Waals surface area contributed by atoms with Crippen LogP contribution in [0.1, 0.15) is 36.1 Å². The van der Waals surface area contributed by atoms with Crippen LogP contribution in [0.5, 0.6) is 0 Å². The van der Waals surface area contributed by atoms with Crippen LogP contribution < -0.4 is 5.73 Å². The SMILES string of the molecule is CC1(C)c2ccccc2-c2cc(C(=N)c3ccc4ccccc4c3N)ccc21.Cn1c2ccccc2c2c(-n3c4ccccc4c4ccccc43)cccc21. The number of nitrogens with zero attached hydrogens (tertiary/aromatic N) is 2. The number of para-hydroxylation sites is 3. The number of hydrogen-bond acceptors (Lipinski definition) is 2. The summed E-state index contributed by atoms with van der Waals surface area (Å²) in [6.45, 7) is 4.54.